The van der Waals surface area contributed by atoms with Crippen molar-refractivity contribution in [2.75, 3.05) is 0 Å². The second kappa shape index (κ2) is 6.58. The summed E-state index contributed by atoms with van der Waals surface area (Å²) in [5.74, 6) is 1.10. The molecule has 2 heteroatoms. The van der Waals surface area contributed by atoms with Gasteiger partial charge in [-0.05, 0) is 24.3 Å². The van der Waals surface area contributed by atoms with Crippen LogP contribution in [0.4, 0.5) is 0 Å². The molecule has 94 valence electrons. The Morgan fingerprint density at radius 3 is 2.19 bits per heavy atom. The number of hydrogen-bond donors (Lipinski definition) is 0. The monoisotopic (exact) mass is 302 g/mol. The second-order valence-electron chi connectivity index (χ2n) is 6.08. The van der Waals surface area contributed by atoms with Crippen molar-refractivity contribution in [2.24, 2.45) is 5.92 Å². The van der Waals surface area contributed by atoms with Crippen LogP contribution in [0.25, 0.3) is 0 Å². The van der Waals surface area contributed by atoms with Gasteiger partial charge in [0.1, 0.15) is 0 Å². The smallest absolute Gasteiger partial charge is 0.0399 e. The van der Waals surface area contributed by atoms with Gasteiger partial charge >= 0.3 is 0 Å². The zero-order valence-corrected chi connectivity index (χ0v) is 13.5. The first kappa shape index (κ1) is 13.1. The van der Waals surface area contributed by atoms with Crippen molar-refractivity contribution in [3.8, 4) is 0 Å². The Kier molecular flexibility index (Phi) is 5.40. The summed E-state index contributed by atoms with van der Waals surface area (Å²) in [4.78, 5) is 0.868. The predicted molar refractivity (Wildman–Crippen MR) is 79.3 cm³/mol. The molecule has 2 aliphatic rings. The number of hydrogen-bond acceptors (Lipinski definition) is 0. The van der Waals surface area contributed by atoms with Gasteiger partial charge in [0.2, 0.25) is 0 Å². The van der Waals surface area contributed by atoms with Crippen molar-refractivity contribution in [3.63, 3.8) is 0 Å². The van der Waals surface area contributed by atoms with E-state index in [9.17, 15) is 0 Å². The van der Waals surface area contributed by atoms with Crippen LogP contribution in [-0.4, -0.2) is 13.6 Å². The molecule has 0 N–H and O–H groups in total. The highest BCUT2D eigenvalue weighted by Gasteiger charge is 2.30. The van der Waals surface area contributed by atoms with Crippen LogP contribution in [0, 0.1) is 5.92 Å². The van der Waals surface area contributed by atoms with Gasteiger partial charge in [0.05, 0.1) is 0 Å². The zero-order valence-electron chi connectivity index (χ0n) is 10.8. The quantitative estimate of drug-likeness (QED) is 0.501. The highest BCUT2D eigenvalue weighted by atomic mass is 79.9. The molecular weight excluding hydrogens is 276 g/mol. The third kappa shape index (κ3) is 3.59. The van der Waals surface area contributed by atoms with Gasteiger partial charge in [-0.2, -0.15) is 0 Å². The third-order valence-corrected chi connectivity index (χ3v) is 10.0. The maximum absolute atomic E-state index is 3.79. The van der Waals surface area contributed by atoms with E-state index in [4.69, 9.17) is 0 Å². The third-order valence-electron chi connectivity index (χ3n) is 4.96. The van der Waals surface area contributed by atoms with Gasteiger partial charge in [-0.25, -0.2) is 0 Å². The molecule has 1 heterocycles. The molecule has 2 rings (SSSR count). The molecule has 2 fully saturated rings. The summed E-state index contributed by atoms with van der Waals surface area (Å²) in [5, 5.41) is 0. The number of rotatable bonds is 3. The van der Waals surface area contributed by atoms with Gasteiger partial charge in [-0.1, -0.05) is 73.5 Å². The largest absolute Gasteiger partial charge is 0.0891 e. The van der Waals surface area contributed by atoms with Crippen LogP contribution in [0.15, 0.2) is 0 Å². The Labute approximate surface area is 111 Å². The fourth-order valence-electron chi connectivity index (χ4n) is 3.91. The molecule has 0 nitrogen and oxygen atoms in total. The maximum Gasteiger partial charge on any atom is 0.0399 e. The Hall–Kier alpha value is 0.697. The lowest BCUT2D eigenvalue weighted by Gasteiger charge is -2.36. The summed E-state index contributed by atoms with van der Waals surface area (Å²) in [6, 6.07) is 3.28. The minimum Gasteiger partial charge on any atom is -0.0891 e. The fourth-order valence-corrected chi connectivity index (χ4v) is 9.63. The highest BCUT2D eigenvalue weighted by Crippen LogP contribution is 2.41. The molecular formula is C14H27BrSi. The number of halogens is 1. The molecule has 0 unspecified atom stereocenters. The molecule has 0 spiro atoms. The van der Waals surface area contributed by atoms with Crippen molar-refractivity contribution in [2.45, 2.75) is 80.7 Å². The summed E-state index contributed by atoms with van der Waals surface area (Å²) in [5.41, 5.74) is 1.23. The standard InChI is InChI=1S/C14H27BrSi/c1-2-3-12-4-6-14(7-5-12)16-10-8-13(15)9-11-16/h12-14,16H,2-11H2,1H3. The normalized spacial score (nSPS) is 40.9. The van der Waals surface area contributed by atoms with Crippen LogP contribution in [0.5, 0.6) is 0 Å². The van der Waals surface area contributed by atoms with Gasteiger partial charge in [-0.3, -0.25) is 0 Å². The highest BCUT2D eigenvalue weighted by molar-refractivity contribution is 9.09. The summed E-state index contributed by atoms with van der Waals surface area (Å²) >= 11 is 3.79. The van der Waals surface area contributed by atoms with Crippen LogP contribution in [-0.2, 0) is 0 Å². The van der Waals surface area contributed by atoms with Gasteiger partial charge in [0, 0.05) is 13.6 Å². The van der Waals surface area contributed by atoms with Crippen LogP contribution >= 0.6 is 15.9 Å². The molecule has 1 aliphatic heterocycles. The van der Waals surface area contributed by atoms with Crippen molar-refractivity contribution in [1.82, 2.24) is 0 Å². The molecule has 0 aromatic heterocycles. The van der Waals surface area contributed by atoms with Crippen molar-refractivity contribution < 1.29 is 0 Å². The maximum atomic E-state index is 3.79. The van der Waals surface area contributed by atoms with Crippen molar-refractivity contribution in [3.05, 3.63) is 0 Å². The topological polar surface area (TPSA) is 0 Å². The first-order chi connectivity index (χ1) is 7.79. The molecule has 16 heavy (non-hydrogen) atoms. The molecule has 0 bridgehead atoms. The summed E-state index contributed by atoms with van der Waals surface area (Å²) < 4.78 is 0. The summed E-state index contributed by atoms with van der Waals surface area (Å²) in [6.07, 6.45) is 12.2. The minimum atomic E-state index is -0.323. The molecule has 0 aromatic carbocycles. The molecule has 1 aliphatic carbocycles. The lowest BCUT2D eigenvalue weighted by atomic mass is 9.86. The van der Waals surface area contributed by atoms with E-state index >= 15 is 0 Å². The molecule has 0 atom stereocenters. The van der Waals surface area contributed by atoms with Crippen LogP contribution in [0.1, 0.15) is 58.3 Å². The van der Waals surface area contributed by atoms with E-state index in [2.05, 4.69) is 22.9 Å². The average molecular weight is 303 g/mol. The van der Waals surface area contributed by atoms with Crippen LogP contribution in [0.2, 0.25) is 17.6 Å². The lowest BCUT2D eigenvalue weighted by molar-refractivity contribution is 0.332. The Morgan fingerprint density at radius 2 is 1.62 bits per heavy atom. The van der Waals surface area contributed by atoms with E-state index in [0.29, 0.717) is 0 Å². The molecule has 0 aromatic rings. The van der Waals surface area contributed by atoms with Gasteiger partial charge in [0.25, 0.3) is 0 Å². The Bertz CT molecular complexity index is 191. The molecule has 1 saturated heterocycles. The van der Waals surface area contributed by atoms with Crippen molar-refractivity contribution in [1.29, 1.82) is 0 Å². The van der Waals surface area contributed by atoms with E-state index in [1.54, 1.807) is 37.8 Å². The van der Waals surface area contributed by atoms with Crippen LogP contribution < -0.4 is 0 Å². The lowest BCUT2D eigenvalue weighted by Crippen LogP contribution is -2.29. The SMILES string of the molecule is CCCC1CCC([SiH]2CCC(Br)CC2)CC1. The first-order valence-corrected chi connectivity index (χ1v) is 10.6. The molecule has 0 amide bonds. The summed E-state index contributed by atoms with van der Waals surface area (Å²) in [7, 11) is -0.323. The van der Waals surface area contributed by atoms with Gasteiger partial charge < -0.3 is 0 Å². The molecule has 1 saturated carbocycles. The van der Waals surface area contributed by atoms with E-state index < -0.39 is 0 Å². The second-order valence-corrected chi connectivity index (χ2v) is 11.0. The zero-order chi connectivity index (χ0) is 11.4. The van der Waals surface area contributed by atoms with E-state index in [1.165, 1.54) is 31.2 Å². The van der Waals surface area contributed by atoms with E-state index in [0.717, 1.165) is 10.7 Å². The summed E-state index contributed by atoms with van der Waals surface area (Å²) in [6.45, 7) is 2.35. The van der Waals surface area contributed by atoms with Crippen molar-refractivity contribution >= 4 is 24.7 Å². The van der Waals surface area contributed by atoms with Gasteiger partial charge in [0.15, 0.2) is 0 Å². The first-order valence-electron chi connectivity index (χ1n) is 7.43. The Morgan fingerprint density at radius 1 is 1.00 bits per heavy atom. The molecule has 0 radical (unpaired) electrons. The van der Waals surface area contributed by atoms with E-state index in [1.807, 2.05) is 0 Å². The van der Waals surface area contributed by atoms with E-state index in [-0.39, 0.29) is 8.80 Å². The number of alkyl halides is 1. The van der Waals surface area contributed by atoms with Gasteiger partial charge in [-0.15, -0.1) is 0 Å². The Balaban J connectivity index is 1.72. The minimum absolute atomic E-state index is 0.323. The van der Waals surface area contributed by atoms with Crippen LogP contribution in [0.3, 0.4) is 0 Å². The average Bonchev–Trinajstić information content (AvgIpc) is 2.32. The fraction of sp³-hybridized carbons (Fsp3) is 1.00. The predicted octanol–water partition coefficient (Wildman–Crippen LogP) is 5.13.